The molecule has 2 aliphatic heterocycles. The number of amides is 1. The molecule has 2 aliphatic rings. The Hall–Kier alpha value is -4.40. The second-order valence-corrected chi connectivity index (χ2v) is 10.1. The van der Waals surface area contributed by atoms with Gasteiger partial charge in [-0.05, 0) is 19.5 Å². The van der Waals surface area contributed by atoms with Gasteiger partial charge in [0.1, 0.15) is 11.5 Å². The van der Waals surface area contributed by atoms with Crippen LogP contribution in [0.3, 0.4) is 0 Å². The Bertz CT molecular complexity index is 1610. The molecule has 1 unspecified atom stereocenters. The summed E-state index contributed by atoms with van der Waals surface area (Å²) < 4.78 is 86.2. The lowest BCUT2D eigenvalue weighted by Crippen LogP contribution is -2.50. The molecule has 1 saturated heterocycles. The van der Waals surface area contributed by atoms with E-state index in [2.05, 4.69) is 15.3 Å². The number of aromatic amines is 1. The van der Waals surface area contributed by atoms with E-state index in [4.69, 9.17) is 0 Å². The summed E-state index contributed by atoms with van der Waals surface area (Å²) >= 11 is 0. The van der Waals surface area contributed by atoms with E-state index in [0.717, 1.165) is 18.5 Å². The zero-order chi connectivity index (χ0) is 30.3. The van der Waals surface area contributed by atoms with Gasteiger partial charge in [-0.1, -0.05) is 6.08 Å². The van der Waals surface area contributed by atoms with Crippen molar-refractivity contribution in [3.8, 4) is 0 Å². The quantitative estimate of drug-likeness (QED) is 0.434. The first-order chi connectivity index (χ1) is 19.8. The first-order valence-corrected chi connectivity index (χ1v) is 12.8. The molecule has 1 atom stereocenters. The minimum absolute atomic E-state index is 0.0362. The Morgan fingerprint density at radius 1 is 1.10 bits per heavy atom. The molecule has 9 nitrogen and oxygen atoms in total. The number of hydrogen-bond acceptors (Lipinski definition) is 7. The summed E-state index contributed by atoms with van der Waals surface area (Å²) in [5.74, 6) is -4.01. The molecule has 3 aromatic rings. The van der Waals surface area contributed by atoms with Gasteiger partial charge in [-0.15, -0.1) is 0 Å². The number of aromatic nitrogens is 3. The topological polar surface area (TPSA) is 97.5 Å². The molecule has 4 heterocycles. The van der Waals surface area contributed by atoms with E-state index in [-0.39, 0.29) is 42.4 Å². The summed E-state index contributed by atoms with van der Waals surface area (Å²) in [4.78, 5) is 39.8. The number of benzene rings is 1. The molecule has 2 N–H and O–H groups in total. The third-order valence-electron chi connectivity index (χ3n) is 7.34. The number of alkyl halides is 3. The molecule has 2 aromatic heterocycles. The summed E-state index contributed by atoms with van der Waals surface area (Å²) in [6, 6.07) is 1.24. The van der Waals surface area contributed by atoms with Gasteiger partial charge < -0.3 is 25.0 Å². The van der Waals surface area contributed by atoms with Gasteiger partial charge in [0.25, 0.3) is 5.91 Å². The molecular formula is C27H25F6N7O2. The number of pyridine rings is 1. The fourth-order valence-corrected chi connectivity index (χ4v) is 4.97. The molecule has 0 saturated carbocycles. The van der Waals surface area contributed by atoms with Gasteiger partial charge in [-0.3, -0.25) is 9.59 Å². The lowest BCUT2D eigenvalue weighted by atomic mass is 10.0. The summed E-state index contributed by atoms with van der Waals surface area (Å²) in [5.41, 5.74) is -4.39. The number of rotatable bonds is 5. The van der Waals surface area contributed by atoms with Crippen LogP contribution in [-0.2, 0) is 6.18 Å². The van der Waals surface area contributed by atoms with Crippen molar-refractivity contribution in [2.45, 2.75) is 19.1 Å². The molecule has 0 bridgehead atoms. The monoisotopic (exact) mass is 593 g/mol. The molecule has 1 amide bonds. The Kier molecular flexibility index (Phi) is 7.70. The Labute approximate surface area is 235 Å². The zero-order valence-corrected chi connectivity index (χ0v) is 22.4. The molecule has 1 aromatic carbocycles. The average molecular weight is 594 g/mol. The van der Waals surface area contributed by atoms with E-state index < -0.39 is 57.5 Å². The summed E-state index contributed by atoms with van der Waals surface area (Å²) in [6.07, 6.45) is -1.04. The molecule has 222 valence electrons. The highest BCUT2D eigenvalue weighted by molar-refractivity contribution is 6.07. The number of nitrogens with one attached hydrogen (secondary N) is 2. The van der Waals surface area contributed by atoms with E-state index in [1.165, 1.54) is 11.0 Å². The van der Waals surface area contributed by atoms with Crippen molar-refractivity contribution in [1.82, 2.24) is 19.9 Å². The largest absolute Gasteiger partial charge is 0.417 e. The van der Waals surface area contributed by atoms with Gasteiger partial charge in [0.2, 0.25) is 11.5 Å². The van der Waals surface area contributed by atoms with Crippen LogP contribution in [0.1, 0.15) is 28.4 Å². The highest BCUT2D eigenvalue weighted by atomic mass is 19.4. The third-order valence-corrected chi connectivity index (χ3v) is 7.34. The van der Waals surface area contributed by atoms with Gasteiger partial charge in [-0.2, -0.15) is 13.2 Å². The third kappa shape index (κ3) is 5.68. The first-order valence-electron chi connectivity index (χ1n) is 12.8. The number of anilines is 3. The van der Waals surface area contributed by atoms with Crippen molar-refractivity contribution in [3.05, 3.63) is 81.3 Å². The second kappa shape index (κ2) is 11.1. The summed E-state index contributed by atoms with van der Waals surface area (Å²) in [7, 11) is 1.88. The summed E-state index contributed by atoms with van der Waals surface area (Å²) in [5, 5.41) is 2.23. The SMILES string of the molecule is CC1CN(c2cc(F)c(C3=CCN(c4ncc(F)cn4)C3)c(F)c2NC(=O)c2c[nH]c(=O)cc2C(F)(F)F)CCN1C. The number of halogens is 6. The molecule has 5 rings (SSSR count). The van der Waals surface area contributed by atoms with Crippen molar-refractivity contribution < 1.29 is 31.1 Å². The average Bonchev–Trinajstić information content (AvgIpc) is 3.41. The highest BCUT2D eigenvalue weighted by Crippen LogP contribution is 2.39. The van der Waals surface area contributed by atoms with Gasteiger partial charge in [0.15, 0.2) is 11.6 Å². The van der Waals surface area contributed by atoms with E-state index in [0.29, 0.717) is 25.8 Å². The minimum atomic E-state index is -5.05. The molecule has 15 heteroatoms. The van der Waals surface area contributed by atoms with E-state index in [1.54, 1.807) is 4.90 Å². The number of carbonyl (C=O) groups excluding carboxylic acids is 1. The maximum absolute atomic E-state index is 16.3. The second-order valence-electron chi connectivity index (χ2n) is 10.1. The zero-order valence-electron chi connectivity index (χ0n) is 22.4. The lowest BCUT2D eigenvalue weighted by Gasteiger charge is -2.40. The Morgan fingerprint density at radius 2 is 1.81 bits per heavy atom. The standard InChI is InChI=1S/C27H25F6N7O2/c1-14-12-39(6-5-38(14)2)20-8-19(29)22(15-3-4-40(13-15)26-35-9-16(28)10-36-26)23(30)24(20)37-25(42)17-11-34-21(41)7-18(17)27(31,32)33/h3,7-11,14H,4-6,12-13H2,1-2H3,(H,34,41)(H,37,42). The molecule has 0 spiro atoms. The van der Waals surface area contributed by atoms with Crippen LogP contribution in [0.25, 0.3) is 5.57 Å². The van der Waals surface area contributed by atoms with Crippen LogP contribution >= 0.6 is 0 Å². The predicted molar refractivity (Wildman–Crippen MR) is 143 cm³/mol. The van der Waals surface area contributed by atoms with Crippen LogP contribution < -0.4 is 20.7 Å². The van der Waals surface area contributed by atoms with Crippen LogP contribution in [0.15, 0.2) is 41.6 Å². The predicted octanol–water partition coefficient (Wildman–Crippen LogP) is 3.90. The molecule has 42 heavy (non-hydrogen) atoms. The maximum atomic E-state index is 16.3. The van der Waals surface area contributed by atoms with E-state index in [9.17, 15) is 27.2 Å². The van der Waals surface area contributed by atoms with Crippen LogP contribution in [0, 0.1) is 17.5 Å². The van der Waals surface area contributed by atoms with Crippen molar-refractivity contribution in [1.29, 1.82) is 0 Å². The highest BCUT2D eigenvalue weighted by Gasteiger charge is 2.37. The smallest absolute Gasteiger partial charge is 0.367 e. The molecule has 0 radical (unpaired) electrons. The van der Waals surface area contributed by atoms with E-state index >= 15 is 8.78 Å². The van der Waals surface area contributed by atoms with Gasteiger partial charge in [-0.25, -0.2) is 23.1 Å². The summed E-state index contributed by atoms with van der Waals surface area (Å²) in [6.45, 7) is 3.16. The fraction of sp³-hybridized carbons (Fsp3) is 0.333. The van der Waals surface area contributed by atoms with Gasteiger partial charge in [0, 0.05) is 57.1 Å². The number of hydrogen-bond donors (Lipinski definition) is 2. The van der Waals surface area contributed by atoms with Crippen LogP contribution in [-0.4, -0.2) is 71.6 Å². The van der Waals surface area contributed by atoms with Crippen molar-refractivity contribution >= 4 is 28.8 Å². The molecule has 0 aliphatic carbocycles. The van der Waals surface area contributed by atoms with Crippen molar-refractivity contribution in [3.63, 3.8) is 0 Å². The molecule has 1 fully saturated rings. The Balaban J connectivity index is 1.56. The van der Waals surface area contributed by atoms with E-state index in [1.807, 2.05) is 23.9 Å². The van der Waals surface area contributed by atoms with Gasteiger partial charge in [0.05, 0.1) is 34.8 Å². The van der Waals surface area contributed by atoms with Crippen molar-refractivity contribution in [2.75, 3.05) is 54.9 Å². The van der Waals surface area contributed by atoms with Crippen LogP contribution in [0.2, 0.25) is 0 Å². The maximum Gasteiger partial charge on any atom is 0.417 e. The Morgan fingerprint density at radius 3 is 2.48 bits per heavy atom. The number of nitrogens with zero attached hydrogens (tertiary/aromatic N) is 5. The lowest BCUT2D eigenvalue weighted by molar-refractivity contribution is -0.138. The molecular weight excluding hydrogens is 568 g/mol. The fourth-order valence-electron chi connectivity index (χ4n) is 4.97. The normalized spacial score (nSPS) is 17.9. The number of H-pyrrole nitrogens is 1. The van der Waals surface area contributed by atoms with Crippen LogP contribution in [0.5, 0.6) is 0 Å². The minimum Gasteiger partial charge on any atom is -0.367 e. The van der Waals surface area contributed by atoms with Gasteiger partial charge >= 0.3 is 6.18 Å². The number of likely N-dealkylation sites (N-methyl/N-ethyl adjacent to an activating group) is 1. The number of carbonyl (C=O) groups is 1. The first kappa shape index (κ1) is 29.1. The number of piperazine rings is 1. The van der Waals surface area contributed by atoms with Crippen molar-refractivity contribution in [2.24, 2.45) is 0 Å². The van der Waals surface area contributed by atoms with Crippen LogP contribution in [0.4, 0.5) is 43.7 Å².